The Kier molecular flexibility index (Phi) is 14.3. The molecule has 0 fully saturated rings. The maximum absolute atomic E-state index is 5.36. The van der Waals surface area contributed by atoms with Crippen molar-refractivity contribution in [3.63, 3.8) is 0 Å². The van der Waals surface area contributed by atoms with Gasteiger partial charge in [0.05, 0.1) is 46.2 Å². The summed E-state index contributed by atoms with van der Waals surface area (Å²) >= 11 is 0. The van der Waals surface area contributed by atoms with Gasteiger partial charge in [0, 0.05) is 6.61 Å². The zero-order chi connectivity index (χ0) is 13.5. The van der Waals surface area contributed by atoms with Gasteiger partial charge in [-0.2, -0.15) is 0 Å². The Hall–Kier alpha value is -0.420. The van der Waals surface area contributed by atoms with Crippen LogP contribution >= 0.6 is 0 Å². The van der Waals surface area contributed by atoms with Gasteiger partial charge in [0.1, 0.15) is 0 Å². The van der Waals surface area contributed by atoms with Crippen molar-refractivity contribution in [1.82, 2.24) is 0 Å². The first-order chi connectivity index (χ1) is 8.77. The summed E-state index contributed by atoms with van der Waals surface area (Å²) in [6, 6.07) is 0. The van der Waals surface area contributed by atoms with Gasteiger partial charge in [0.25, 0.3) is 0 Å². The lowest BCUT2D eigenvalue weighted by molar-refractivity contribution is 0.000151. The molecule has 0 amide bonds. The van der Waals surface area contributed by atoms with Crippen molar-refractivity contribution in [3.05, 3.63) is 12.2 Å². The molecule has 0 aliphatic heterocycles. The van der Waals surface area contributed by atoms with E-state index in [1.807, 2.05) is 6.92 Å². The lowest BCUT2D eigenvalue weighted by atomic mass is 10.4. The number of hydrogen-bond donors (Lipinski definition) is 0. The molecule has 0 aromatic carbocycles. The van der Waals surface area contributed by atoms with E-state index in [-0.39, 0.29) is 0 Å². The molecule has 0 atom stereocenters. The average Bonchev–Trinajstić information content (AvgIpc) is 2.34. The van der Waals surface area contributed by atoms with Crippen molar-refractivity contribution < 1.29 is 18.9 Å². The highest BCUT2D eigenvalue weighted by molar-refractivity contribution is 4.87. The third-order valence-electron chi connectivity index (χ3n) is 2.11. The van der Waals surface area contributed by atoms with Crippen molar-refractivity contribution in [3.8, 4) is 0 Å². The monoisotopic (exact) mass is 260 g/mol. The summed E-state index contributed by atoms with van der Waals surface area (Å²) in [5.41, 5.74) is 1.03. The molecule has 0 rings (SSSR count). The molecular weight excluding hydrogens is 232 g/mol. The molecule has 0 aliphatic carbocycles. The van der Waals surface area contributed by atoms with Crippen LogP contribution in [0.2, 0.25) is 0 Å². The maximum atomic E-state index is 5.36. The minimum absolute atomic E-state index is 0.601. The summed E-state index contributed by atoms with van der Waals surface area (Å²) < 4.78 is 21.3. The highest BCUT2D eigenvalue weighted by Gasteiger charge is 1.92. The molecule has 0 spiro atoms. The highest BCUT2D eigenvalue weighted by Crippen LogP contribution is 1.89. The second-order valence-corrected chi connectivity index (χ2v) is 4.20. The normalized spacial score (nSPS) is 10.8. The minimum atomic E-state index is 0.601. The maximum Gasteiger partial charge on any atom is 0.0704 e. The van der Waals surface area contributed by atoms with E-state index in [1.54, 1.807) is 0 Å². The first-order valence-corrected chi connectivity index (χ1v) is 6.72. The predicted molar refractivity (Wildman–Crippen MR) is 73.0 cm³/mol. The predicted octanol–water partition coefficient (Wildman–Crippen LogP) is 2.43. The van der Waals surface area contributed by atoms with Crippen molar-refractivity contribution in [2.45, 2.75) is 26.7 Å². The van der Waals surface area contributed by atoms with Gasteiger partial charge in [-0.15, -0.1) is 0 Å². The van der Waals surface area contributed by atoms with E-state index < -0.39 is 0 Å². The van der Waals surface area contributed by atoms with E-state index in [1.165, 1.54) is 6.42 Å². The standard InChI is InChI=1S/C14H28O4/c1-4-5-6-15-7-8-16-9-10-17-11-12-18-13-14(2)3/h2,4-13H2,1,3H3. The highest BCUT2D eigenvalue weighted by atomic mass is 16.6. The van der Waals surface area contributed by atoms with E-state index in [0.717, 1.165) is 18.6 Å². The summed E-state index contributed by atoms with van der Waals surface area (Å²) in [7, 11) is 0. The molecule has 0 aliphatic rings. The van der Waals surface area contributed by atoms with Gasteiger partial charge in [-0.25, -0.2) is 0 Å². The van der Waals surface area contributed by atoms with Gasteiger partial charge in [0.15, 0.2) is 0 Å². The van der Waals surface area contributed by atoms with Crippen LogP contribution in [0.5, 0.6) is 0 Å². The SMILES string of the molecule is C=C(C)COCCOCCOCCOCCCC. The first-order valence-electron chi connectivity index (χ1n) is 6.72. The van der Waals surface area contributed by atoms with Gasteiger partial charge in [0.2, 0.25) is 0 Å². The molecule has 0 aromatic heterocycles. The van der Waals surface area contributed by atoms with Gasteiger partial charge in [-0.05, 0) is 13.3 Å². The Labute approximate surface area is 111 Å². The van der Waals surface area contributed by atoms with Crippen molar-refractivity contribution in [1.29, 1.82) is 0 Å². The summed E-state index contributed by atoms with van der Waals surface area (Å²) in [6.45, 7) is 13.0. The van der Waals surface area contributed by atoms with Crippen LogP contribution in [0.15, 0.2) is 12.2 Å². The van der Waals surface area contributed by atoms with E-state index in [4.69, 9.17) is 18.9 Å². The smallest absolute Gasteiger partial charge is 0.0704 e. The van der Waals surface area contributed by atoms with Crippen molar-refractivity contribution >= 4 is 0 Å². The Morgan fingerprint density at radius 2 is 1.22 bits per heavy atom. The van der Waals surface area contributed by atoms with Crippen LogP contribution in [0.25, 0.3) is 0 Å². The summed E-state index contributed by atoms with van der Waals surface area (Å²) in [5.74, 6) is 0. The fraction of sp³-hybridized carbons (Fsp3) is 0.857. The van der Waals surface area contributed by atoms with Crippen LogP contribution < -0.4 is 0 Å². The molecule has 0 saturated carbocycles. The molecule has 0 N–H and O–H groups in total. The number of ether oxygens (including phenoxy) is 4. The lowest BCUT2D eigenvalue weighted by Gasteiger charge is -2.07. The summed E-state index contributed by atoms with van der Waals surface area (Å²) in [6.07, 6.45) is 2.29. The summed E-state index contributed by atoms with van der Waals surface area (Å²) in [5, 5.41) is 0. The Balaban J connectivity index is 2.92. The Morgan fingerprint density at radius 3 is 1.67 bits per heavy atom. The zero-order valence-electron chi connectivity index (χ0n) is 11.9. The fourth-order valence-electron chi connectivity index (χ4n) is 1.15. The molecule has 108 valence electrons. The van der Waals surface area contributed by atoms with Crippen LogP contribution in [0, 0.1) is 0 Å². The second-order valence-electron chi connectivity index (χ2n) is 4.20. The zero-order valence-corrected chi connectivity index (χ0v) is 11.9. The van der Waals surface area contributed by atoms with E-state index >= 15 is 0 Å². The molecule has 18 heavy (non-hydrogen) atoms. The van der Waals surface area contributed by atoms with E-state index in [9.17, 15) is 0 Å². The first kappa shape index (κ1) is 17.6. The molecule has 4 nitrogen and oxygen atoms in total. The Bertz CT molecular complexity index is 183. The molecule has 0 radical (unpaired) electrons. The third-order valence-corrected chi connectivity index (χ3v) is 2.11. The largest absolute Gasteiger partial charge is 0.379 e. The topological polar surface area (TPSA) is 36.9 Å². The molecule has 0 aromatic rings. The van der Waals surface area contributed by atoms with Gasteiger partial charge in [-0.3, -0.25) is 0 Å². The molecule has 0 bridgehead atoms. The lowest BCUT2D eigenvalue weighted by Crippen LogP contribution is -2.12. The molecule has 0 saturated heterocycles. The van der Waals surface area contributed by atoms with Crippen LogP contribution in [0.3, 0.4) is 0 Å². The van der Waals surface area contributed by atoms with Gasteiger partial charge < -0.3 is 18.9 Å². The van der Waals surface area contributed by atoms with Gasteiger partial charge >= 0.3 is 0 Å². The minimum Gasteiger partial charge on any atom is -0.379 e. The number of rotatable bonds is 14. The number of unbranched alkanes of at least 4 members (excludes halogenated alkanes) is 1. The molecule has 0 unspecified atom stereocenters. The number of hydrogen-bond acceptors (Lipinski definition) is 4. The van der Waals surface area contributed by atoms with Gasteiger partial charge in [-0.1, -0.05) is 25.5 Å². The molecular formula is C14H28O4. The van der Waals surface area contributed by atoms with Crippen LogP contribution in [0.1, 0.15) is 26.7 Å². The van der Waals surface area contributed by atoms with Crippen LogP contribution in [-0.4, -0.2) is 52.9 Å². The van der Waals surface area contributed by atoms with Crippen LogP contribution in [-0.2, 0) is 18.9 Å². The van der Waals surface area contributed by atoms with Crippen LogP contribution in [0.4, 0.5) is 0 Å². The van der Waals surface area contributed by atoms with Crippen molar-refractivity contribution in [2.24, 2.45) is 0 Å². The second kappa shape index (κ2) is 14.6. The van der Waals surface area contributed by atoms with E-state index in [0.29, 0.717) is 46.2 Å². The van der Waals surface area contributed by atoms with E-state index in [2.05, 4.69) is 13.5 Å². The quantitative estimate of drug-likeness (QED) is 0.355. The fourth-order valence-corrected chi connectivity index (χ4v) is 1.15. The summed E-state index contributed by atoms with van der Waals surface area (Å²) in [4.78, 5) is 0. The average molecular weight is 260 g/mol. The molecule has 4 heteroatoms. The molecule has 0 heterocycles. The Morgan fingerprint density at radius 1 is 0.778 bits per heavy atom. The third kappa shape index (κ3) is 15.6. The van der Waals surface area contributed by atoms with Crippen molar-refractivity contribution in [2.75, 3.05) is 52.9 Å².